The van der Waals surface area contributed by atoms with Crippen LogP contribution in [0, 0.1) is 5.82 Å². The van der Waals surface area contributed by atoms with Crippen LogP contribution >= 0.6 is 0 Å². The van der Waals surface area contributed by atoms with Crippen molar-refractivity contribution < 1.29 is 17.0 Å². The molecule has 3 aromatic rings. The number of hydrogen-bond donors (Lipinski definition) is 0. The van der Waals surface area contributed by atoms with E-state index < -0.39 is 21.7 Å². The second-order valence-corrected chi connectivity index (χ2v) is 6.28. The summed E-state index contributed by atoms with van der Waals surface area (Å²) in [4.78, 5) is 4.13. The van der Waals surface area contributed by atoms with Gasteiger partial charge in [-0.25, -0.2) is 4.39 Å². The molecule has 0 spiro atoms. The van der Waals surface area contributed by atoms with Gasteiger partial charge in [0.05, 0.1) is 0 Å². The minimum atomic E-state index is -3.98. The third-order valence-corrected chi connectivity index (χ3v) is 4.20. The fourth-order valence-electron chi connectivity index (χ4n) is 2.12. The Morgan fingerprint density at radius 1 is 1.00 bits per heavy atom. The Morgan fingerprint density at radius 3 is 2.59 bits per heavy atom. The quantitative estimate of drug-likeness (QED) is 0.693. The number of hydrogen-bond acceptors (Lipinski definition) is 4. The third kappa shape index (κ3) is 3.07. The van der Waals surface area contributed by atoms with E-state index >= 15 is 0 Å². The smallest absolute Gasteiger partial charge is 0.313 e. The maximum absolute atomic E-state index is 13.6. The highest BCUT2D eigenvalue weighted by Gasteiger charge is 2.18. The maximum Gasteiger partial charge on any atom is 0.313 e. The molecule has 0 N–H and O–H groups in total. The predicted octanol–water partition coefficient (Wildman–Crippen LogP) is 3.28. The molecule has 0 radical (unpaired) electrons. The Kier molecular flexibility index (Phi) is 3.77. The summed E-state index contributed by atoms with van der Waals surface area (Å²) in [6, 6.07) is 14.3. The molecule has 0 aliphatic heterocycles. The predicted molar refractivity (Wildman–Crippen MR) is 81.4 cm³/mol. The average Bonchev–Trinajstić information content (AvgIpc) is 2.49. The van der Waals surface area contributed by atoms with Crippen LogP contribution < -0.4 is 4.18 Å². The van der Waals surface area contributed by atoms with E-state index in [9.17, 15) is 12.8 Å². The van der Waals surface area contributed by atoms with E-state index in [0.29, 0.717) is 5.52 Å². The highest BCUT2D eigenvalue weighted by atomic mass is 32.2. The van der Waals surface area contributed by atoms with Crippen molar-refractivity contribution in [2.75, 3.05) is 0 Å². The fraction of sp³-hybridized carbons (Fsp3) is 0.0625. The van der Waals surface area contributed by atoms with Gasteiger partial charge in [-0.05, 0) is 18.2 Å². The van der Waals surface area contributed by atoms with Crippen molar-refractivity contribution in [3.05, 3.63) is 72.2 Å². The Bertz CT molecular complexity index is 920. The lowest BCUT2D eigenvalue weighted by Crippen LogP contribution is -2.13. The molecule has 0 amide bonds. The van der Waals surface area contributed by atoms with Crippen molar-refractivity contribution in [3.63, 3.8) is 0 Å². The molecule has 0 saturated heterocycles. The lowest BCUT2D eigenvalue weighted by Gasteiger charge is -2.09. The normalized spacial score (nSPS) is 11.5. The molecule has 0 aliphatic carbocycles. The van der Waals surface area contributed by atoms with E-state index in [4.69, 9.17) is 4.18 Å². The van der Waals surface area contributed by atoms with Gasteiger partial charge in [0.2, 0.25) is 0 Å². The highest BCUT2D eigenvalue weighted by molar-refractivity contribution is 7.86. The van der Waals surface area contributed by atoms with Crippen LogP contribution in [0.3, 0.4) is 0 Å². The van der Waals surface area contributed by atoms with Gasteiger partial charge in [0.25, 0.3) is 0 Å². The molecule has 0 bridgehead atoms. The van der Waals surface area contributed by atoms with Crippen molar-refractivity contribution >= 4 is 21.0 Å². The van der Waals surface area contributed by atoms with Gasteiger partial charge in [-0.15, -0.1) is 0 Å². The van der Waals surface area contributed by atoms with Crippen molar-refractivity contribution in [1.82, 2.24) is 4.98 Å². The molecule has 0 fully saturated rings. The highest BCUT2D eigenvalue weighted by Crippen LogP contribution is 2.25. The van der Waals surface area contributed by atoms with Gasteiger partial charge in [-0.1, -0.05) is 36.4 Å². The van der Waals surface area contributed by atoms with Gasteiger partial charge in [-0.2, -0.15) is 8.42 Å². The summed E-state index contributed by atoms with van der Waals surface area (Å²) in [7, 11) is -3.98. The summed E-state index contributed by atoms with van der Waals surface area (Å²) in [5.41, 5.74) is 0.512. The zero-order valence-electron chi connectivity index (χ0n) is 11.4. The average molecular weight is 317 g/mol. The number of rotatable bonds is 4. The molecular formula is C16H12FNO3S. The van der Waals surface area contributed by atoms with Crippen molar-refractivity contribution in [1.29, 1.82) is 0 Å². The van der Waals surface area contributed by atoms with Crippen molar-refractivity contribution in [3.8, 4) is 5.75 Å². The van der Waals surface area contributed by atoms with Crippen LogP contribution in [0.1, 0.15) is 5.56 Å². The Morgan fingerprint density at radius 2 is 1.77 bits per heavy atom. The zero-order chi connectivity index (χ0) is 15.6. The van der Waals surface area contributed by atoms with Crippen LogP contribution in [0.4, 0.5) is 4.39 Å². The van der Waals surface area contributed by atoms with E-state index in [0.717, 1.165) is 5.39 Å². The zero-order valence-corrected chi connectivity index (χ0v) is 12.3. The van der Waals surface area contributed by atoms with E-state index in [2.05, 4.69) is 4.98 Å². The van der Waals surface area contributed by atoms with E-state index in [-0.39, 0.29) is 11.3 Å². The molecule has 3 rings (SSSR count). The lowest BCUT2D eigenvalue weighted by molar-refractivity contribution is 0.485. The van der Waals surface area contributed by atoms with E-state index in [1.54, 1.807) is 36.5 Å². The monoisotopic (exact) mass is 317 g/mol. The molecule has 22 heavy (non-hydrogen) atoms. The fourth-order valence-corrected chi connectivity index (χ4v) is 3.20. The third-order valence-electron chi connectivity index (χ3n) is 3.10. The van der Waals surface area contributed by atoms with Gasteiger partial charge in [0, 0.05) is 17.1 Å². The first-order valence-corrected chi connectivity index (χ1v) is 8.12. The first-order chi connectivity index (χ1) is 10.6. The number of benzene rings is 2. The molecule has 6 heteroatoms. The standard InChI is InChI=1S/C16H12FNO3S/c17-14-8-2-1-5-13(14)11-22(19,20)21-15-9-3-6-12-7-4-10-18-16(12)15/h1-10H,11H2. The molecule has 0 saturated carbocycles. The van der Waals surface area contributed by atoms with Crippen molar-refractivity contribution in [2.45, 2.75) is 5.75 Å². The Hall–Kier alpha value is -2.47. The first kappa shape index (κ1) is 14.5. The van der Waals surface area contributed by atoms with Crippen LogP contribution in [0.25, 0.3) is 10.9 Å². The molecular weight excluding hydrogens is 305 g/mol. The van der Waals surface area contributed by atoms with E-state index in [1.165, 1.54) is 24.3 Å². The first-order valence-electron chi connectivity index (χ1n) is 6.54. The van der Waals surface area contributed by atoms with Crippen LogP contribution in [0.15, 0.2) is 60.8 Å². The molecule has 0 aliphatic rings. The van der Waals surface area contributed by atoms with Crippen LogP contribution in [0.5, 0.6) is 5.75 Å². The van der Waals surface area contributed by atoms with E-state index in [1.807, 2.05) is 0 Å². The molecule has 1 heterocycles. The summed E-state index contributed by atoms with van der Waals surface area (Å²) in [5, 5.41) is 0.765. The largest absolute Gasteiger partial charge is 0.380 e. The number of fused-ring (bicyclic) bond motifs is 1. The minimum Gasteiger partial charge on any atom is -0.380 e. The summed E-state index contributed by atoms with van der Waals surface area (Å²) in [6.45, 7) is 0. The topological polar surface area (TPSA) is 56.3 Å². The van der Waals surface area contributed by atoms with Gasteiger partial charge < -0.3 is 4.18 Å². The molecule has 2 aromatic carbocycles. The molecule has 4 nitrogen and oxygen atoms in total. The summed E-state index contributed by atoms with van der Waals surface area (Å²) < 4.78 is 43.0. The van der Waals surface area contributed by atoms with Gasteiger partial charge in [-0.3, -0.25) is 4.98 Å². The molecule has 1 aromatic heterocycles. The Balaban J connectivity index is 1.92. The number of para-hydroxylation sites is 1. The molecule has 0 atom stereocenters. The second kappa shape index (κ2) is 5.73. The van der Waals surface area contributed by atoms with Crippen LogP contribution in [0.2, 0.25) is 0 Å². The van der Waals surface area contributed by atoms with Crippen molar-refractivity contribution in [2.24, 2.45) is 0 Å². The molecule has 112 valence electrons. The maximum atomic E-state index is 13.6. The summed E-state index contributed by atoms with van der Waals surface area (Å²) in [5.74, 6) is -0.983. The van der Waals surface area contributed by atoms with Crippen LogP contribution in [-0.2, 0) is 15.9 Å². The number of halogens is 1. The number of aromatic nitrogens is 1. The summed E-state index contributed by atoms with van der Waals surface area (Å²) in [6.07, 6.45) is 1.55. The van der Waals surface area contributed by atoms with Gasteiger partial charge >= 0.3 is 10.1 Å². The van der Waals surface area contributed by atoms with Gasteiger partial charge in [0.15, 0.2) is 5.75 Å². The number of nitrogens with zero attached hydrogens (tertiary/aromatic N) is 1. The number of pyridine rings is 1. The lowest BCUT2D eigenvalue weighted by atomic mass is 10.2. The molecule has 0 unspecified atom stereocenters. The SMILES string of the molecule is O=S(=O)(Cc1ccccc1F)Oc1cccc2cccnc12. The van der Waals surface area contributed by atoms with Crippen LogP contribution in [-0.4, -0.2) is 13.4 Å². The Labute approximate surface area is 127 Å². The summed E-state index contributed by atoms with van der Waals surface area (Å²) >= 11 is 0. The van der Waals surface area contributed by atoms with Gasteiger partial charge in [0.1, 0.15) is 17.1 Å². The minimum absolute atomic E-state index is 0.0655. The second-order valence-electron chi connectivity index (χ2n) is 4.71.